The van der Waals surface area contributed by atoms with Crippen molar-refractivity contribution in [3.8, 4) is 16.9 Å². The number of fused-ring (bicyclic) bond motifs is 1. The predicted molar refractivity (Wildman–Crippen MR) is 146 cm³/mol. The van der Waals surface area contributed by atoms with Crippen LogP contribution < -0.4 is 16.0 Å². The van der Waals surface area contributed by atoms with Crippen molar-refractivity contribution in [3.05, 3.63) is 79.0 Å². The van der Waals surface area contributed by atoms with Gasteiger partial charge in [-0.2, -0.15) is 0 Å². The van der Waals surface area contributed by atoms with Crippen LogP contribution in [0.25, 0.3) is 21.3 Å². The fourth-order valence-corrected chi connectivity index (χ4v) is 6.61. The third-order valence-corrected chi connectivity index (χ3v) is 8.61. The van der Waals surface area contributed by atoms with Gasteiger partial charge in [0.1, 0.15) is 5.75 Å². The molecule has 0 radical (unpaired) electrons. The van der Waals surface area contributed by atoms with E-state index >= 15 is 0 Å². The molecule has 0 bridgehead atoms. The van der Waals surface area contributed by atoms with Crippen LogP contribution in [-0.2, 0) is 11.3 Å². The lowest BCUT2D eigenvalue weighted by Gasteiger charge is -2.28. The van der Waals surface area contributed by atoms with Gasteiger partial charge in [-0.15, -0.1) is 11.3 Å². The van der Waals surface area contributed by atoms with Crippen molar-refractivity contribution in [3.63, 3.8) is 0 Å². The first-order valence-electron chi connectivity index (χ1n) is 12.7. The van der Waals surface area contributed by atoms with Gasteiger partial charge in [0, 0.05) is 39.5 Å². The third-order valence-electron chi connectivity index (χ3n) is 7.25. The highest BCUT2D eigenvalue weighted by Gasteiger charge is 2.24. The second-order valence-corrected chi connectivity index (χ2v) is 11.5. The highest BCUT2D eigenvalue weighted by molar-refractivity contribution is 7.19. The molecule has 1 aliphatic carbocycles. The Labute approximate surface area is 223 Å². The Balaban J connectivity index is 1.40. The Hall–Kier alpha value is -2.94. The van der Waals surface area contributed by atoms with Crippen LogP contribution in [-0.4, -0.2) is 33.4 Å². The van der Waals surface area contributed by atoms with Gasteiger partial charge in [-0.3, -0.25) is 18.9 Å². The molecule has 1 aromatic carbocycles. The van der Waals surface area contributed by atoms with Gasteiger partial charge >= 0.3 is 5.69 Å². The average molecular weight is 538 g/mol. The number of hydrogen-bond donors (Lipinski definition) is 0. The first-order valence-corrected chi connectivity index (χ1v) is 13.9. The van der Waals surface area contributed by atoms with Gasteiger partial charge in [-0.1, -0.05) is 18.0 Å². The SMILES string of the molecule is Cc1cc(Cl)cc(-c2ccnc3cc(Cn4c(=O)ccn(C5COC5)c4=O)sc23)c1OC1CCCCC1. The van der Waals surface area contributed by atoms with E-state index in [0.29, 0.717) is 18.2 Å². The molecule has 37 heavy (non-hydrogen) atoms. The highest BCUT2D eigenvalue weighted by Crippen LogP contribution is 2.42. The van der Waals surface area contributed by atoms with E-state index in [1.54, 1.807) is 17.0 Å². The maximum Gasteiger partial charge on any atom is 0.331 e. The van der Waals surface area contributed by atoms with Crippen molar-refractivity contribution in [1.29, 1.82) is 0 Å². The molecule has 0 amide bonds. The first kappa shape index (κ1) is 24.4. The molecule has 4 aromatic rings. The number of thiophene rings is 1. The molecular weight excluding hydrogens is 510 g/mol. The minimum absolute atomic E-state index is 0.0244. The zero-order chi connectivity index (χ0) is 25.5. The van der Waals surface area contributed by atoms with E-state index in [9.17, 15) is 9.59 Å². The van der Waals surface area contributed by atoms with Gasteiger partial charge in [0.2, 0.25) is 0 Å². The molecule has 9 heteroatoms. The quantitative estimate of drug-likeness (QED) is 0.321. The molecule has 0 spiro atoms. The number of ether oxygens (including phenoxy) is 2. The van der Waals surface area contributed by atoms with E-state index in [0.717, 1.165) is 50.4 Å². The second-order valence-electron chi connectivity index (χ2n) is 9.88. The molecule has 0 atom stereocenters. The van der Waals surface area contributed by atoms with E-state index in [1.807, 2.05) is 31.2 Å². The van der Waals surface area contributed by atoms with Gasteiger partial charge in [0.05, 0.1) is 42.1 Å². The van der Waals surface area contributed by atoms with Crippen molar-refractivity contribution in [1.82, 2.24) is 14.1 Å². The van der Waals surface area contributed by atoms with Crippen molar-refractivity contribution in [2.45, 2.75) is 57.7 Å². The average Bonchev–Trinajstić information content (AvgIpc) is 3.27. The van der Waals surface area contributed by atoms with Crippen LogP contribution in [0, 0.1) is 6.92 Å². The van der Waals surface area contributed by atoms with E-state index in [2.05, 4.69) is 4.98 Å². The summed E-state index contributed by atoms with van der Waals surface area (Å²) in [6.45, 7) is 3.19. The molecular formula is C28H28ClN3O4S. The fraction of sp³-hybridized carbons (Fsp3) is 0.393. The van der Waals surface area contributed by atoms with Crippen molar-refractivity contribution in [2.75, 3.05) is 13.2 Å². The molecule has 0 N–H and O–H groups in total. The van der Waals surface area contributed by atoms with Crippen LogP contribution in [0.5, 0.6) is 5.75 Å². The van der Waals surface area contributed by atoms with Gasteiger partial charge in [-0.05, 0) is 62.4 Å². The number of nitrogens with zero attached hydrogens (tertiary/aromatic N) is 3. The van der Waals surface area contributed by atoms with Gasteiger partial charge in [0.15, 0.2) is 0 Å². The number of hydrogen-bond acceptors (Lipinski definition) is 6. The van der Waals surface area contributed by atoms with E-state index in [-0.39, 0.29) is 29.9 Å². The Bertz CT molecular complexity index is 1580. The molecule has 4 heterocycles. The van der Waals surface area contributed by atoms with Crippen molar-refractivity contribution in [2.24, 2.45) is 0 Å². The minimum atomic E-state index is -0.319. The Morgan fingerprint density at radius 3 is 2.68 bits per heavy atom. The monoisotopic (exact) mass is 537 g/mol. The Morgan fingerprint density at radius 2 is 1.92 bits per heavy atom. The van der Waals surface area contributed by atoms with Crippen LogP contribution >= 0.6 is 22.9 Å². The molecule has 3 aromatic heterocycles. The lowest BCUT2D eigenvalue weighted by molar-refractivity contribution is -0.0259. The number of halogens is 1. The lowest BCUT2D eigenvalue weighted by Crippen LogP contribution is -2.45. The molecule has 6 rings (SSSR count). The first-order chi connectivity index (χ1) is 18.0. The molecule has 1 saturated carbocycles. The standard InChI is InChI=1S/C28H28ClN3O4S/c1-17-11-18(29)12-23(26(17)36-20-5-3-2-4-6-20)22-7-9-30-24-13-21(37-27(22)24)14-32-25(33)8-10-31(28(32)34)19-15-35-16-19/h7-13,19-20H,2-6,14-16H2,1H3. The largest absolute Gasteiger partial charge is 0.490 e. The van der Waals surface area contributed by atoms with Crippen LogP contribution in [0.3, 0.4) is 0 Å². The van der Waals surface area contributed by atoms with E-state index in [1.165, 1.54) is 41.2 Å². The van der Waals surface area contributed by atoms with Gasteiger partial charge in [-0.25, -0.2) is 4.79 Å². The summed E-state index contributed by atoms with van der Waals surface area (Å²) in [5.74, 6) is 0.864. The Morgan fingerprint density at radius 1 is 1.11 bits per heavy atom. The molecule has 1 aliphatic heterocycles. The number of benzene rings is 1. The van der Waals surface area contributed by atoms with Crippen LogP contribution in [0.2, 0.25) is 5.02 Å². The summed E-state index contributed by atoms with van der Waals surface area (Å²) in [6, 6.07) is 9.27. The van der Waals surface area contributed by atoms with Crippen molar-refractivity contribution >= 4 is 33.2 Å². The maximum atomic E-state index is 13.1. The normalized spacial score (nSPS) is 16.7. The summed E-state index contributed by atoms with van der Waals surface area (Å²) in [5.41, 5.74) is 3.12. The summed E-state index contributed by atoms with van der Waals surface area (Å²) in [7, 11) is 0. The van der Waals surface area contributed by atoms with E-state index < -0.39 is 0 Å². The number of aromatic nitrogens is 3. The van der Waals surface area contributed by atoms with Gasteiger partial charge in [0.25, 0.3) is 5.56 Å². The number of pyridine rings is 1. The third kappa shape index (κ3) is 4.74. The summed E-state index contributed by atoms with van der Waals surface area (Å²) < 4.78 is 15.7. The fourth-order valence-electron chi connectivity index (χ4n) is 5.21. The second kappa shape index (κ2) is 10.1. The molecule has 0 unspecified atom stereocenters. The summed E-state index contributed by atoms with van der Waals surface area (Å²) >= 11 is 8.06. The summed E-state index contributed by atoms with van der Waals surface area (Å²) in [6.07, 6.45) is 9.32. The predicted octanol–water partition coefficient (Wildman–Crippen LogP) is 5.58. The van der Waals surface area contributed by atoms with Gasteiger partial charge < -0.3 is 9.47 Å². The minimum Gasteiger partial charge on any atom is -0.490 e. The molecule has 2 aliphatic rings. The van der Waals surface area contributed by atoms with Crippen LogP contribution in [0.1, 0.15) is 48.6 Å². The smallest absolute Gasteiger partial charge is 0.331 e. The molecule has 192 valence electrons. The zero-order valence-corrected chi connectivity index (χ0v) is 22.2. The number of rotatable bonds is 6. The zero-order valence-electron chi connectivity index (χ0n) is 20.6. The number of aryl methyl sites for hydroxylation is 1. The molecule has 2 fully saturated rings. The van der Waals surface area contributed by atoms with Crippen LogP contribution in [0.15, 0.2) is 52.3 Å². The molecule has 1 saturated heterocycles. The van der Waals surface area contributed by atoms with E-state index in [4.69, 9.17) is 21.1 Å². The molecule has 7 nitrogen and oxygen atoms in total. The topological polar surface area (TPSA) is 75.4 Å². The Kier molecular flexibility index (Phi) is 6.65. The van der Waals surface area contributed by atoms with Crippen LogP contribution in [0.4, 0.5) is 0 Å². The van der Waals surface area contributed by atoms with Crippen molar-refractivity contribution < 1.29 is 9.47 Å². The highest BCUT2D eigenvalue weighted by atomic mass is 35.5. The lowest BCUT2D eigenvalue weighted by atomic mass is 9.97. The maximum absolute atomic E-state index is 13.1. The summed E-state index contributed by atoms with van der Waals surface area (Å²) in [4.78, 5) is 31.1. The summed E-state index contributed by atoms with van der Waals surface area (Å²) in [5, 5.41) is 0.654.